The molecule has 0 unspecified atom stereocenters. The second-order valence-corrected chi connectivity index (χ2v) is 8.50. The number of carbonyl (C=O) groups is 2. The predicted molar refractivity (Wildman–Crippen MR) is 122 cm³/mol. The van der Waals surface area contributed by atoms with E-state index in [0.717, 1.165) is 25.7 Å². The van der Waals surface area contributed by atoms with Gasteiger partial charge in [0.15, 0.2) is 0 Å². The Morgan fingerprint density at radius 2 is 1.97 bits per heavy atom. The molecule has 0 spiro atoms. The maximum absolute atomic E-state index is 13.0. The standard InChI is InChI=1S/C22H25ClN4O3.ClH/c23-17-3-1-2-16(12-17)22(14-24)8-6-18(7-9-22)26-10-11-27(21(26)30)19-5-4-15(13-25-19)20(28)29;/h1-5,12-13,18H,6-11,14,24H2,(H,28,29);1H. The second kappa shape index (κ2) is 9.42. The summed E-state index contributed by atoms with van der Waals surface area (Å²) >= 11 is 6.20. The van der Waals surface area contributed by atoms with Crippen molar-refractivity contribution in [2.45, 2.75) is 37.1 Å². The first-order valence-corrected chi connectivity index (χ1v) is 10.5. The van der Waals surface area contributed by atoms with E-state index < -0.39 is 5.97 Å². The van der Waals surface area contributed by atoms with E-state index in [2.05, 4.69) is 11.1 Å². The Balaban J connectivity index is 0.00000272. The number of hydrogen-bond acceptors (Lipinski definition) is 4. The number of urea groups is 1. The van der Waals surface area contributed by atoms with Gasteiger partial charge in [0.25, 0.3) is 0 Å². The smallest absolute Gasteiger partial charge is 0.337 e. The molecular weight excluding hydrogens is 439 g/mol. The van der Waals surface area contributed by atoms with Gasteiger partial charge in [-0.25, -0.2) is 14.6 Å². The highest BCUT2D eigenvalue weighted by Crippen LogP contribution is 2.41. The van der Waals surface area contributed by atoms with Crippen LogP contribution < -0.4 is 10.6 Å². The molecule has 1 aliphatic carbocycles. The largest absolute Gasteiger partial charge is 0.478 e. The van der Waals surface area contributed by atoms with Gasteiger partial charge in [0.1, 0.15) is 5.82 Å². The molecule has 2 amide bonds. The number of carbonyl (C=O) groups excluding carboxylic acids is 1. The zero-order valence-electron chi connectivity index (χ0n) is 17.0. The van der Waals surface area contributed by atoms with Crippen molar-refractivity contribution in [3.05, 3.63) is 58.7 Å². The van der Waals surface area contributed by atoms with Crippen LogP contribution in [0.25, 0.3) is 0 Å². The van der Waals surface area contributed by atoms with Crippen LogP contribution in [-0.4, -0.2) is 52.7 Å². The number of nitrogens with two attached hydrogens (primary N) is 1. The van der Waals surface area contributed by atoms with Gasteiger partial charge >= 0.3 is 12.0 Å². The number of rotatable bonds is 5. The highest BCUT2D eigenvalue weighted by atomic mass is 35.5. The fourth-order valence-electron chi connectivity index (χ4n) is 4.67. The molecule has 9 heteroatoms. The van der Waals surface area contributed by atoms with Gasteiger partial charge in [-0.15, -0.1) is 12.4 Å². The highest BCUT2D eigenvalue weighted by molar-refractivity contribution is 6.30. The summed E-state index contributed by atoms with van der Waals surface area (Å²) in [5.41, 5.74) is 7.38. The maximum atomic E-state index is 13.0. The molecule has 1 aliphatic heterocycles. The summed E-state index contributed by atoms with van der Waals surface area (Å²) in [4.78, 5) is 31.7. The lowest BCUT2D eigenvalue weighted by atomic mass is 9.68. The van der Waals surface area contributed by atoms with Crippen molar-refractivity contribution < 1.29 is 14.7 Å². The van der Waals surface area contributed by atoms with Crippen LogP contribution in [0.4, 0.5) is 10.6 Å². The average molecular weight is 465 g/mol. The van der Waals surface area contributed by atoms with Crippen molar-refractivity contribution in [3.63, 3.8) is 0 Å². The molecule has 2 fully saturated rings. The molecule has 31 heavy (non-hydrogen) atoms. The molecule has 2 aliphatic rings. The summed E-state index contributed by atoms with van der Waals surface area (Å²) in [6, 6.07) is 11.1. The summed E-state index contributed by atoms with van der Waals surface area (Å²) in [6.07, 6.45) is 4.87. The van der Waals surface area contributed by atoms with E-state index in [0.29, 0.717) is 30.5 Å². The molecule has 2 heterocycles. The third-order valence-electron chi connectivity index (χ3n) is 6.49. The summed E-state index contributed by atoms with van der Waals surface area (Å²) in [5.74, 6) is -0.549. The first-order chi connectivity index (χ1) is 14.4. The van der Waals surface area contributed by atoms with Crippen LogP contribution in [0.5, 0.6) is 0 Å². The maximum Gasteiger partial charge on any atom is 0.337 e. The van der Waals surface area contributed by atoms with E-state index in [9.17, 15) is 9.59 Å². The van der Waals surface area contributed by atoms with Gasteiger partial charge in [-0.1, -0.05) is 23.7 Å². The Labute approximate surface area is 192 Å². The van der Waals surface area contributed by atoms with Crippen LogP contribution in [0, 0.1) is 0 Å². The van der Waals surface area contributed by atoms with E-state index in [1.165, 1.54) is 17.8 Å². The van der Waals surface area contributed by atoms with E-state index in [1.54, 1.807) is 11.0 Å². The van der Waals surface area contributed by atoms with Gasteiger partial charge in [-0.3, -0.25) is 4.90 Å². The van der Waals surface area contributed by atoms with Crippen LogP contribution in [-0.2, 0) is 5.41 Å². The molecule has 2 aromatic rings. The Hall–Kier alpha value is -2.35. The number of hydrogen-bond donors (Lipinski definition) is 2. The van der Waals surface area contributed by atoms with Crippen LogP contribution in [0.15, 0.2) is 42.6 Å². The average Bonchev–Trinajstić information content (AvgIpc) is 3.15. The molecule has 0 bridgehead atoms. The lowest BCUT2D eigenvalue weighted by Gasteiger charge is -2.42. The van der Waals surface area contributed by atoms with Crippen molar-refractivity contribution in [1.29, 1.82) is 0 Å². The number of anilines is 1. The molecule has 0 atom stereocenters. The van der Waals surface area contributed by atoms with Gasteiger partial charge in [0.05, 0.1) is 5.56 Å². The van der Waals surface area contributed by atoms with Crippen LogP contribution in [0.2, 0.25) is 5.02 Å². The fraction of sp³-hybridized carbons (Fsp3) is 0.409. The quantitative estimate of drug-likeness (QED) is 0.697. The molecule has 166 valence electrons. The normalized spacial score (nSPS) is 23.5. The SMILES string of the molecule is Cl.NCC1(c2cccc(Cl)c2)CCC(N2CCN(c3ccc(C(=O)O)cn3)C2=O)CC1. The number of benzene rings is 1. The monoisotopic (exact) mass is 464 g/mol. The van der Waals surface area contributed by atoms with E-state index in [1.807, 2.05) is 23.1 Å². The highest BCUT2D eigenvalue weighted by Gasteiger charge is 2.41. The Morgan fingerprint density at radius 1 is 1.23 bits per heavy atom. The van der Waals surface area contributed by atoms with Gasteiger partial charge in [0, 0.05) is 42.3 Å². The summed E-state index contributed by atoms with van der Waals surface area (Å²) in [7, 11) is 0. The van der Waals surface area contributed by atoms with Gasteiger partial charge in [-0.2, -0.15) is 0 Å². The molecule has 4 rings (SSSR count). The van der Waals surface area contributed by atoms with Crippen LogP contribution in [0.1, 0.15) is 41.6 Å². The van der Waals surface area contributed by atoms with Gasteiger partial charge in [-0.05, 0) is 55.5 Å². The van der Waals surface area contributed by atoms with Crippen molar-refractivity contribution in [1.82, 2.24) is 9.88 Å². The minimum Gasteiger partial charge on any atom is -0.478 e. The molecular formula is C22H26Cl2N4O3. The Kier molecular flexibility index (Phi) is 7.09. The van der Waals surface area contributed by atoms with E-state index in [4.69, 9.17) is 22.4 Å². The van der Waals surface area contributed by atoms with Gasteiger partial charge in [0.2, 0.25) is 0 Å². The van der Waals surface area contributed by atoms with Crippen molar-refractivity contribution in [2.75, 3.05) is 24.5 Å². The number of halogens is 2. The summed E-state index contributed by atoms with van der Waals surface area (Å²) in [5, 5.41) is 9.74. The lowest BCUT2D eigenvalue weighted by molar-refractivity contribution is 0.0696. The molecule has 1 saturated heterocycles. The number of aromatic nitrogens is 1. The third-order valence-corrected chi connectivity index (χ3v) is 6.73. The molecule has 3 N–H and O–H groups in total. The van der Waals surface area contributed by atoms with Crippen LogP contribution >= 0.6 is 24.0 Å². The zero-order valence-corrected chi connectivity index (χ0v) is 18.6. The summed E-state index contributed by atoms with van der Waals surface area (Å²) in [6.45, 7) is 1.74. The van der Waals surface area contributed by atoms with E-state index >= 15 is 0 Å². The zero-order chi connectivity index (χ0) is 21.3. The number of pyridine rings is 1. The third kappa shape index (κ3) is 4.49. The first kappa shape index (κ1) is 23.3. The minimum atomic E-state index is -1.03. The van der Waals surface area contributed by atoms with Gasteiger partial charge < -0.3 is 15.7 Å². The van der Waals surface area contributed by atoms with Crippen LogP contribution in [0.3, 0.4) is 0 Å². The molecule has 1 saturated carbocycles. The number of carboxylic acids is 1. The topological polar surface area (TPSA) is 99.8 Å². The number of nitrogens with zero attached hydrogens (tertiary/aromatic N) is 3. The van der Waals surface area contributed by atoms with Crippen molar-refractivity contribution in [2.24, 2.45) is 5.73 Å². The minimum absolute atomic E-state index is 0. The number of aromatic carboxylic acids is 1. The number of carboxylic acid groups (broad SMARTS) is 1. The fourth-order valence-corrected chi connectivity index (χ4v) is 4.86. The Morgan fingerprint density at radius 3 is 2.55 bits per heavy atom. The van der Waals surface area contributed by atoms with Crippen molar-refractivity contribution >= 4 is 41.8 Å². The molecule has 0 radical (unpaired) electrons. The molecule has 7 nitrogen and oxygen atoms in total. The van der Waals surface area contributed by atoms with E-state index in [-0.39, 0.29) is 35.5 Å². The predicted octanol–water partition coefficient (Wildman–Crippen LogP) is 3.94. The molecule has 1 aromatic carbocycles. The first-order valence-electron chi connectivity index (χ1n) is 10.2. The number of amides is 2. The lowest BCUT2D eigenvalue weighted by Crippen LogP contribution is -2.47. The second-order valence-electron chi connectivity index (χ2n) is 8.06. The molecule has 1 aromatic heterocycles. The van der Waals surface area contributed by atoms with Crippen molar-refractivity contribution in [3.8, 4) is 0 Å². The Bertz CT molecular complexity index is 946. The summed E-state index contributed by atoms with van der Waals surface area (Å²) < 4.78 is 0.